The van der Waals surface area contributed by atoms with Crippen molar-refractivity contribution in [1.29, 1.82) is 0 Å². The van der Waals surface area contributed by atoms with Crippen LogP contribution >= 0.6 is 27.3 Å². The van der Waals surface area contributed by atoms with Gasteiger partial charge in [0.25, 0.3) is 5.56 Å². The normalized spacial score (nSPS) is 13.1. The lowest BCUT2D eigenvalue weighted by molar-refractivity contribution is 0.467. The highest BCUT2D eigenvalue weighted by atomic mass is 79.9. The Kier molecular flexibility index (Phi) is 3.76. The van der Waals surface area contributed by atoms with Crippen molar-refractivity contribution in [3.63, 3.8) is 0 Å². The van der Waals surface area contributed by atoms with Gasteiger partial charge in [-0.25, -0.2) is 4.98 Å². The van der Waals surface area contributed by atoms with Crippen LogP contribution in [0.5, 0.6) is 0 Å². The SMILES string of the molecule is CCC(CBr)Cn1cnc2sccc2c1=O. The van der Waals surface area contributed by atoms with Crippen LogP contribution in [-0.2, 0) is 6.54 Å². The maximum Gasteiger partial charge on any atom is 0.262 e. The minimum atomic E-state index is 0.0747. The smallest absolute Gasteiger partial charge is 0.262 e. The molecule has 0 saturated heterocycles. The summed E-state index contributed by atoms with van der Waals surface area (Å²) in [5.74, 6) is 0.482. The molecule has 2 aromatic heterocycles. The van der Waals surface area contributed by atoms with Gasteiger partial charge in [-0.15, -0.1) is 11.3 Å². The maximum absolute atomic E-state index is 12.1. The molecule has 0 fully saturated rings. The third kappa shape index (κ3) is 2.20. The molecule has 0 amide bonds. The zero-order chi connectivity index (χ0) is 11.5. The number of rotatable bonds is 4. The number of hydrogen-bond donors (Lipinski definition) is 0. The van der Waals surface area contributed by atoms with Crippen LogP contribution in [0.1, 0.15) is 13.3 Å². The Morgan fingerprint density at radius 3 is 3.12 bits per heavy atom. The number of alkyl halides is 1. The summed E-state index contributed by atoms with van der Waals surface area (Å²) in [5, 5.41) is 3.56. The first-order valence-electron chi connectivity index (χ1n) is 5.24. The van der Waals surface area contributed by atoms with Gasteiger partial charge in [0, 0.05) is 11.9 Å². The van der Waals surface area contributed by atoms with Gasteiger partial charge in [0.15, 0.2) is 0 Å². The number of halogens is 1. The summed E-state index contributed by atoms with van der Waals surface area (Å²) in [6.07, 6.45) is 2.71. The first-order valence-corrected chi connectivity index (χ1v) is 7.25. The van der Waals surface area contributed by atoms with Crippen LogP contribution in [0.2, 0.25) is 0 Å². The van der Waals surface area contributed by atoms with Crippen LogP contribution in [-0.4, -0.2) is 14.9 Å². The molecule has 0 aliphatic heterocycles. The minimum Gasteiger partial charge on any atom is -0.298 e. The monoisotopic (exact) mass is 300 g/mol. The van der Waals surface area contributed by atoms with Crippen LogP contribution in [0.25, 0.3) is 10.2 Å². The van der Waals surface area contributed by atoms with Gasteiger partial charge >= 0.3 is 0 Å². The van der Waals surface area contributed by atoms with E-state index in [1.54, 1.807) is 10.9 Å². The maximum atomic E-state index is 12.1. The molecule has 1 unspecified atom stereocenters. The van der Waals surface area contributed by atoms with E-state index in [2.05, 4.69) is 27.8 Å². The Bertz CT molecular complexity index is 530. The molecule has 0 bridgehead atoms. The van der Waals surface area contributed by atoms with E-state index in [-0.39, 0.29) is 5.56 Å². The molecule has 0 N–H and O–H groups in total. The van der Waals surface area contributed by atoms with Crippen molar-refractivity contribution in [3.8, 4) is 0 Å². The van der Waals surface area contributed by atoms with E-state index in [9.17, 15) is 4.79 Å². The summed E-state index contributed by atoms with van der Waals surface area (Å²) < 4.78 is 1.71. The van der Waals surface area contributed by atoms with Gasteiger partial charge in [0.05, 0.1) is 11.7 Å². The molecule has 3 nitrogen and oxygen atoms in total. The molecule has 0 saturated carbocycles. The highest BCUT2D eigenvalue weighted by Gasteiger charge is 2.09. The molecule has 0 spiro atoms. The quantitative estimate of drug-likeness (QED) is 0.814. The molecule has 86 valence electrons. The lowest BCUT2D eigenvalue weighted by atomic mass is 10.1. The van der Waals surface area contributed by atoms with Gasteiger partial charge in [-0.3, -0.25) is 9.36 Å². The number of nitrogens with zero attached hydrogens (tertiary/aromatic N) is 2. The molecule has 5 heteroatoms. The zero-order valence-corrected chi connectivity index (χ0v) is 11.4. The fourth-order valence-corrected chi connectivity index (χ4v) is 2.97. The average Bonchev–Trinajstić information content (AvgIpc) is 2.77. The standard InChI is InChI=1S/C11H13BrN2OS/c1-2-8(5-12)6-14-7-13-10-9(11(14)15)3-4-16-10/h3-4,7-8H,2,5-6H2,1H3. The highest BCUT2D eigenvalue weighted by Crippen LogP contribution is 2.14. The Labute approximate surface area is 106 Å². The van der Waals surface area contributed by atoms with Crippen LogP contribution < -0.4 is 5.56 Å². The van der Waals surface area contributed by atoms with E-state index in [4.69, 9.17) is 0 Å². The average molecular weight is 301 g/mol. The molecule has 0 aliphatic rings. The Morgan fingerprint density at radius 2 is 2.44 bits per heavy atom. The molecule has 1 atom stereocenters. The Morgan fingerprint density at radius 1 is 1.62 bits per heavy atom. The number of hydrogen-bond acceptors (Lipinski definition) is 3. The van der Waals surface area contributed by atoms with Gasteiger partial charge < -0.3 is 0 Å². The molecule has 16 heavy (non-hydrogen) atoms. The fraction of sp³-hybridized carbons (Fsp3) is 0.455. The van der Waals surface area contributed by atoms with Crippen molar-refractivity contribution in [3.05, 3.63) is 28.1 Å². The molecule has 0 aliphatic carbocycles. The molecular formula is C11H13BrN2OS. The zero-order valence-electron chi connectivity index (χ0n) is 9.02. The van der Waals surface area contributed by atoms with Crippen molar-refractivity contribution >= 4 is 37.5 Å². The third-order valence-corrected chi connectivity index (χ3v) is 4.44. The molecule has 0 radical (unpaired) electrons. The van der Waals surface area contributed by atoms with Crippen molar-refractivity contribution in [2.24, 2.45) is 5.92 Å². The van der Waals surface area contributed by atoms with Crippen molar-refractivity contribution < 1.29 is 0 Å². The van der Waals surface area contributed by atoms with Crippen LogP contribution in [0.4, 0.5) is 0 Å². The Balaban J connectivity index is 2.37. The first kappa shape index (κ1) is 11.8. The van der Waals surface area contributed by atoms with Crippen molar-refractivity contribution in [2.75, 3.05) is 5.33 Å². The summed E-state index contributed by atoms with van der Waals surface area (Å²) in [5.41, 5.74) is 0.0747. The highest BCUT2D eigenvalue weighted by molar-refractivity contribution is 9.09. The van der Waals surface area contributed by atoms with E-state index in [1.807, 2.05) is 11.4 Å². The molecule has 2 heterocycles. The van der Waals surface area contributed by atoms with Gasteiger partial charge in [0.1, 0.15) is 4.83 Å². The fourth-order valence-electron chi connectivity index (χ4n) is 1.59. The lowest BCUT2D eigenvalue weighted by Gasteiger charge is -2.12. The molecule has 2 rings (SSSR count). The van der Waals surface area contributed by atoms with Crippen LogP contribution in [0, 0.1) is 5.92 Å². The number of fused-ring (bicyclic) bond motifs is 1. The van der Waals surface area contributed by atoms with Gasteiger partial charge in [-0.1, -0.05) is 29.3 Å². The minimum absolute atomic E-state index is 0.0747. The van der Waals surface area contributed by atoms with E-state index >= 15 is 0 Å². The topological polar surface area (TPSA) is 34.9 Å². The summed E-state index contributed by atoms with van der Waals surface area (Å²) in [6.45, 7) is 2.87. The lowest BCUT2D eigenvalue weighted by Crippen LogP contribution is -2.24. The second-order valence-electron chi connectivity index (χ2n) is 3.77. The number of aromatic nitrogens is 2. The first-order chi connectivity index (χ1) is 7.76. The van der Waals surface area contributed by atoms with Gasteiger partial charge in [-0.05, 0) is 17.4 Å². The van der Waals surface area contributed by atoms with E-state index < -0.39 is 0 Å². The van der Waals surface area contributed by atoms with Gasteiger partial charge in [-0.2, -0.15) is 0 Å². The largest absolute Gasteiger partial charge is 0.298 e. The summed E-state index contributed by atoms with van der Waals surface area (Å²) >= 11 is 4.97. The second-order valence-corrected chi connectivity index (χ2v) is 5.31. The van der Waals surface area contributed by atoms with E-state index in [0.717, 1.165) is 28.5 Å². The molecule has 2 aromatic rings. The summed E-state index contributed by atoms with van der Waals surface area (Å²) in [6, 6.07) is 1.85. The van der Waals surface area contributed by atoms with Crippen molar-refractivity contribution in [2.45, 2.75) is 19.9 Å². The van der Waals surface area contributed by atoms with E-state index in [1.165, 1.54) is 11.3 Å². The second kappa shape index (κ2) is 5.10. The van der Waals surface area contributed by atoms with E-state index in [0.29, 0.717) is 5.92 Å². The number of thiophene rings is 1. The predicted octanol–water partition coefficient (Wildman–Crippen LogP) is 2.88. The Hall–Kier alpha value is -0.680. The molecular weight excluding hydrogens is 288 g/mol. The van der Waals surface area contributed by atoms with Crippen LogP contribution in [0.15, 0.2) is 22.6 Å². The molecule has 0 aromatic carbocycles. The van der Waals surface area contributed by atoms with Crippen molar-refractivity contribution in [1.82, 2.24) is 9.55 Å². The third-order valence-electron chi connectivity index (χ3n) is 2.70. The summed E-state index contributed by atoms with van der Waals surface area (Å²) in [7, 11) is 0. The van der Waals surface area contributed by atoms with Gasteiger partial charge in [0.2, 0.25) is 0 Å². The van der Waals surface area contributed by atoms with Crippen LogP contribution in [0.3, 0.4) is 0 Å². The predicted molar refractivity (Wildman–Crippen MR) is 71.5 cm³/mol. The summed E-state index contributed by atoms with van der Waals surface area (Å²) in [4.78, 5) is 17.2.